The van der Waals surface area contributed by atoms with Crippen LogP contribution in [0.2, 0.25) is 0 Å². The van der Waals surface area contributed by atoms with Crippen molar-refractivity contribution in [1.29, 1.82) is 0 Å². The highest BCUT2D eigenvalue weighted by molar-refractivity contribution is 5.75. The highest BCUT2D eigenvalue weighted by Crippen LogP contribution is 2.34. The summed E-state index contributed by atoms with van der Waals surface area (Å²) < 4.78 is 10.7. The Kier molecular flexibility index (Phi) is 4.41. The fourth-order valence-corrected chi connectivity index (χ4v) is 2.62. The normalized spacial score (nSPS) is 15.7. The van der Waals surface area contributed by atoms with Gasteiger partial charge in [-0.2, -0.15) is 0 Å². The lowest BCUT2D eigenvalue weighted by molar-refractivity contribution is 0.165. The van der Waals surface area contributed by atoms with E-state index in [0.29, 0.717) is 18.2 Å². The second-order valence-electron chi connectivity index (χ2n) is 6.36. The van der Waals surface area contributed by atoms with E-state index in [1.807, 2.05) is 30.0 Å². The Morgan fingerprint density at radius 3 is 2.78 bits per heavy atom. The maximum absolute atomic E-state index is 12.6. The Hall–Kier alpha value is -2.24. The van der Waals surface area contributed by atoms with Gasteiger partial charge in [-0.25, -0.2) is 4.79 Å². The van der Waals surface area contributed by atoms with Crippen molar-refractivity contribution < 1.29 is 13.7 Å². The number of amides is 2. The van der Waals surface area contributed by atoms with Crippen LogP contribution in [-0.2, 0) is 6.54 Å². The molecule has 0 spiro atoms. The number of hydrogen-bond acceptors (Lipinski definition) is 4. The molecular weight excluding hydrogens is 294 g/mol. The monoisotopic (exact) mass is 317 g/mol. The number of nitrogens with one attached hydrogen (secondary N) is 1. The average molecular weight is 317 g/mol. The van der Waals surface area contributed by atoms with Crippen molar-refractivity contribution in [1.82, 2.24) is 15.4 Å². The van der Waals surface area contributed by atoms with Gasteiger partial charge in [0.25, 0.3) is 0 Å². The largest absolute Gasteiger partial charge is 0.467 e. The van der Waals surface area contributed by atoms with Crippen LogP contribution < -0.4 is 5.32 Å². The topological polar surface area (TPSA) is 71.5 Å². The summed E-state index contributed by atoms with van der Waals surface area (Å²) in [5, 5.41) is 6.93. The molecule has 2 amide bonds. The van der Waals surface area contributed by atoms with Crippen LogP contribution in [0.1, 0.15) is 62.8 Å². The van der Waals surface area contributed by atoms with Gasteiger partial charge in [-0.1, -0.05) is 19.0 Å². The zero-order valence-corrected chi connectivity index (χ0v) is 13.8. The molecule has 1 fully saturated rings. The molecule has 6 nitrogen and oxygen atoms in total. The van der Waals surface area contributed by atoms with Crippen LogP contribution >= 0.6 is 0 Å². The summed E-state index contributed by atoms with van der Waals surface area (Å²) in [4.78, 5) is 14.4. The van der Waals surface area contributed by atoms with E-state index >= 15 is 0 Å². The molecule has 1 aliphatic carbocycles. The van der Waals surface area contributed by atoms with E-state index in [-0.39, 0.29) is 18.1 Å². The van der Waals surface area contributed by atoms with Crippen molar-refractivity contribution in [2.45, 2.75) is 58.2 Å². The molecule has 1 atom stereocenters. The number of nitrogens with zero attached hydrogens (tertiary/aromatic N) is 2. The summed E-state index contributed by atoms with van der Waals surface area (Å²) in [6.45, 7) is 6.44. The first-order valence-electron chi connectivity index (χ1n) is 8.11. The lowest BCUT2D eigenvalue weighted by Gasteiger charge is -2.28. The first kappa shape index (κ1) is 15.6. The molecule has 2 aromatic rings. The third-order valence-corrected chi connectivity index (χ3v) is 4.13. The van der Waals surface area contributed by atoms with Crippen molar-refractivity contribution >= 4 is 6.03 Å². The van der Waals surface area contributed by atoms with E-state index in [1.54, 1.807) is 6.26 Å². The highest BCUT2D eigenvalue weighted by Gasteiger charge is 2.37. The van der Waals surface area contributed by atoms with Crippen LogP contribution in [0.3, 0.4) is 0 Å². The molecule has 0 bridgehead atoms. The molecule has 124 valence electrons. The lowest BCUT2D eigenvalue weighted by Crippen LogP contribution is -2.42. The minimum Gasteiger partial charge on any atom is -0.467 e. The Morgan fingerprint density at radius 1 is 1.43 bits per heavy atom. The molecular formula is C17H23N3O3. The molecule has 2 heterocycles. The summed E-state index contributed by atoms with van der Waals surface area (Å²) in [6.07, 6.45) is 3.72. The van der Waals surface area contributed by atoms with Crippen molar-refractivity contribution in [3.8, 4) is 0 Å². The van der Waals surface area contributed by atoms with E-state index in [0.717, 1.165) is 24.3 Å². The number of carbonyl (C=O) groups excluding carboxylic acids is 1. The van der Waals surface area contributed by atoms with Gasteiger partial charge >= 0.3 is 6.03 Å². The van der Waals surface area contributed by atoms with Crippen molar-refractivity contribution in [2.24, 2.45) is 0 Å². The van der Waals surface area contributed by atoms with Crippen LogP contribution in [0, 0.1) is 0 Å². The van der Waals surface area contributed by atoms with E-state index in [9.17, 15) is 4.79 Å². The average Bonchev–Trinajstić information content (AvgIpc) is 3.05. The number of carbonyl (C=O) groups is 1. The summed E-state index contributed by atoms with van der Waals surface area (Å²) in [5.74, 6) is 1.78. The summed E-state index contributed by atoms with van der Waals surface area (Å²) in [5.41, 5.74) is 0.900. The smallest absolute Gasteiger partial charge is 0.318 e. The van der Waals surface area contributed by atoms with Gasteiger partial charge in [0.15, 0.2) is 5.76 Å². The zero-order valence-electron chi connectivity index (χ0n) is 13.8. The summed E-state index contributed by atoms with van der Waals surface area (Å²) in [6, 6.07) is 5.74. The Morgan fingerprint density at radius 2 is 2.22 bits per heavy atom. The molecule has 1 saturated carbocycles. The first-order chi connectivity index (χ1) is 11.1. The zero-order chi connectivity index (χ0) is 16.4. The Labute approximate surface area is 135 Å². The number of aromatic nitrogens is 1. The van der Waals surface area contributed by atoms with E-state index in [2.05, 4.69) is 24.3 Å². The minimum atomic E-state index is -0.0982. The van der Waals surface area contributed by atoms with Gasteiger partial charge in [0.2, 0.25) is 0 Å². The maximum Gasteiger partial charge on any atom is 0.318 e. The van der Waals surface area contributed by atoms with Gasteiger partial charge in [-0.05, 0) is 37.8 Å². The van der Waals surface area contributed by atoms with Crippen LogP contribution in [0.4, 0.5) is 4.79 Å². The molecule has 3 rings (SSSR count). The molecule has 0 radical (unpaired) electrons. The van der Waals surface area contributed by atoms with Crippen molar-refractivity contribution in [3.63, 3.8) is 0 Å². The molecule has 1 aliphatic rings. The lowest BCUT2D eigenvalue weighted by atomic mass is 10.1. The second-order valence-corrected chi connectivity index (χ2v) is 6.36. The van der Waals surface area contributed by atoms with E-state index in [1.165, 1.54) is 0 Å². The SMILES string of the molecule is CC(C)c1cc(CNC(=O)N(C2CC2)C(C)c2ccco2)on1. The van der Waals surface area contributed by atoms with Gasteiger partial charge in [0.05, 0.1) is 24.5 Å². The standard InChI is InChI=1S/C17H23N3O3/c1-11(2)15-9-14(23-19-15)10-18-17(21)20(13-6-7-13)12(3)16-5-4-8-22-16/h4-5,8-9,11-13H,6-7,10H2,1-3H3,(H,18,21). The van der Waals surface area contributed by atoms with E-state index < -0.39 is 0 Å². The fourth-order valence-electron chi connectivity index (χ4n) is 2.62. The molecule has 0 aromatic carbocycles. The molecule has 2 aromatic heterocycles. The van der Waals surface area contributed by atoms with Crippen LogP contribution in [-0.4, -0.2) is 22.1 Å². The first-order valence-corrected chi connectivity index (χ1v) is 8.11. The third-order valence-electron chi connectivity index (χ3n) is 4.13. The van der Waals surface area contributed by atoms with Crippen LogP contribution in [0.5, 0.6) is 0 Å². The summed E-state index contributed by atoms with van der Waals surface area (Å²) in [7, 11) is 0. The van der Waals surface area contributed by atoms with Gasteiger partial charge < -0.3 is 19.2 Å². The second kappa shape index (κ2) is 6.48. The van der Waals surface area contributed by atoms with Crippen LogP contribution in [0.25, 0.3) is 0 Å². The van der Waals surface area contributed by atoms with Gasteiger partial charge in [-0.15, -0.1) is 0 Å². The maximum atomic E-state index is 12.6. The molecule has 6 heteroatoms. The number of urea groups is 1. The Balaban J connectivity index is 1.62. The predicted molar refractivity (Wildman–Crippen MR) is 84.8 cm³/mol. The number of rotatable bonds is 6. The van der Waals surface area contributed by atoms with Gasteiger partial charge in [0.1, 0.15) is 5.76 Å². The van der Waals surface area contributed by atoms with Crippen molar-refractivity contribution in [2.75, 3.05) is 0 Å². The predicted octanol–water partition coefficient (Wildman–Crippen LogP) is 3.83. The minimum absolute atomic E-state index is 0.0848. The molecule has 0 aliphatic heterocycles. The number of furan rings is 1. The Bertz CT molecular complexity index is 644. The van der Waals surface area contributed by atoms with E-state index in [4.69, 9.17) is 8.94 Å². The fraction of sp³-hybridized carbons (Fsp3) is 0.529. The molecule has 1 unspecified atom stereocenters. The quantitative estimate of drug-likeness (QED) is 0.879. The molecule has 1 N–H and O–H groups in total. The highest BCUT2D eigenvalue weighted by atomic mass is 16.5. The van der Waals surface area contributed by atoms with Crippen molar-refractivity contribution in [3.05, 3.63) is 41.7 Å². The molecule has 23 heavy (non-hydrogen) atoms. The van der Waals surface area contributed by atoms with Gasteiger partial charge in [-0.3, -0.25) is 0 Å². The summed E-state index contributed by atoms with van der Waals surface area (Å²) >= 11 is 0. The number of hydrogen-bond donors (Lipinski definition) is 1. The van der Waals surface area contributed by atoms with Gasteiger partial charge in [0, 0.05) is 12.1 Å². The van der Waals surface area contributed by atoms with Crippen LogP contribution in [0.15, 0.2) is 33.4 Å². The molecule has 0 saturated heterocycles. The third kappa shape index (κ3) is 3.57.